The number of unbranched alkanes of at least 4 members (excludes halogenated alkanes) is 2. The van der Waals surface area contributed by atoms with Crippen LogP contribution in [0.4, 0.5) is 5.13 Å². The summed E-state index contributed by atoms with van der Waals surface area (Å²) in [4.78, 5) is 27.8. The van der Waals surface area contributed by atoms with Gasteiger partial charge in [0.25, 0.3) is 5.91 Å². The molecule has 1 atom stereocenters. The molecule has 4 rings (SSSR count). The molecule has 0 fully saturated rings. The molecule has 1 amide bonds. The maximum Gasteiger partial charge on any atom is 0.296 e. The van der Waals surface area contributed by atoms with Crippen molar-refractivity contribution in [2.45, 2.75) is 39.2 Å². The van der Waals surface area contributed by atoms with Crippen molar-refractivity contribution >= 4 is 34.2 Å². The Morgan fingerprint density at radius 3 is 2.66 bits per heavy atom. The molecule has 2 aromatic carbocycles. The monoisotopic (exact) mass is 489 g/mol. The van der Waals surface area contributed by atoms with Gasteiger partial charge in [0.2, 0.25) is 5.13 Å². The number of nitrogens with zero attached hydrogens (tertiary/aromatic N) is 3. The Bertz CT molecular complexity index is 1270. The van der Waals surface area contributed by atoms with Gasteiger partial charge in [0.05, 0.1) is 18.2 Å². The van der Waals surface area contributed by atoms with Crippen molar-refractivity contribution in [1.82, 2.24) is 10.2 Å². The average Bonchev–Trinajstić information content (AvgIpc) is 3.41. The topological polar surface area (TPSA) is 92.6 Å². The van der Waals surface area contributed by atoms with Crippen LogP contribution < -0.4 is 9.64 Å². The van der Waals surface area contributed by atoms with Crippen molar-refractivity contribution in [2.24, 2.45) is 0 Å². The molecule has 1 aromatic heterocycles. The molecular weight excluding hydrogens is 462 g/mol. The first-order valence-electron chi connectivity index (χ1n) is 11.6. The predicted molar refractivity (Wildman–Crippen MR) is 136 cm³/mol. The number of benzene rings is 2. The quantitative estimate of drug-likeness (QED) is 0.294. The SMILES string of the molecule is CCCCCOc1cccc(C2C(C(=O)C=Cc3ccccc3)=C(O)C(=O)N2c2nnc(C)s2)c1. The molecule has 2 heterocycles. The third-order valence-electron chi connectivity index (χ3n) is 5.61. The highest BCUT2D eigenvalue weighted by Gasteiger charge is 2.45. The van der Waals surface area contributed by atoms with Gasteiger partial charge in [0, 0.05) is 0 Å². The van der Waals surface area contributed by atoms with Gasteiger partial charge in [0.1, 0.15) is 10.8 Å². The third-order valence-corrected chi connectivity index (χ3v) is 6.45. The number of amides is 1. The Labute approximate surface area is 208 Å². The van der Waals surface area contributed by atoms with Crippen LogP contribution in [0, 0.1) is 6.92 Å². The summed E-state index contributed by atoms with van der Waals surface area (Å²) in [6.45, 7) is 4.49. The van der Waals surface area contributed by atoms with Crippen molar-refractivity contribution in [3.8, 4) is 5.75 Å². The molecule has 0 saturated heterocycles. The van der Waals surface area contributed by atoms with Gasteiger partial charge in [-0.1, -0.05) is 79.6 Å². The molecule has 0 bridgehead atoms. The molecule has 0 saturated carbocycles. The fourth-order valence-electron chi connectivity index (χ4n) is 3.90. The molecule has 0 aliphatic carbocycles. The number of aliphatic hydroxyl groups is 1. The van der Waals surface area contributed by atoms with Crippen LogP contribution in [0.2, 0.25) is 0 Å². The van der Waals surface area contributed by atoms with E-state index in [4.69, 9.17) is 4.74 Å². The zero-order valence-corrected chi connectivity index (χ0v) is 20.5. The van der Waals surface area contributed by atoms with Gasteiger partial charge in [-0.2, -0.15) is 0 Å². The van der Waals surface area contributed by atoms with Crippen LogP contribution in [0.1, 0.15) is 48.4 Å². The lowest BCUT2D eigenvalue weighted by Gasteiger charge is -2.24. The Morgan fingerprint density at radius 1 is 1.14 bits per heavy atom. The van der Waals surface area contributed by atoms with Crippen molar-refractivity contribution in [3.63, 3.8) is 0 Å². The van der Waals surface area contributed by atoms with Gasteiger partial charge in [-0.25, -0.2) is 0 Å². The number of allylic oxidation sites excluding steroid dienone is 1. The van der Waals surface area contributed by atoms with E-state index >= 15 is 0 Å². The fraction of sp³-hybridized carbons (Fsp3) is 0.259. The van der Waals surface area contributed by atoms with E-state index in [0.29, 0.717) is 28.1 Å². The molecule has 1 aliphatic rings. The van der Waals surface area contributed by atoms with E-state index in [1.165, 1.54) is 22.3 Å². The minimum Gasteiger partial charge on any atom is -0.503 e. The maximum atomic E-state index is 13.3. The summed E-state index contributed by atoms with van der Waals surface area (Å²) in [7, 11) is 0. The number of carbonyl (C=O) groups excluding carboxylic acids is 2. The molecule has 1 unspecified atom stereocenters. The second-order valence-corrected chi connectivity index (χ2v) is 9.34. The fourth-order valence-corrected chi connectivity index (χ4v) is 4.61. The predicted octanol–water partition coefficient (Wildman–Crippen LogP) is 5.60. The van der Waals surface area contributed by atoms with Crippen molar-refractivity contribution in [3.05, 3.63) is 88.1 Å². The zero-order chi connectivity index (χ0) is 24.8. The molecule has 7 nitrogen and oxygen atoms in total. The van der Waals surface area contributed by atoms with Crippen LogP contribution in [0.15, 0.2) is 72.0 Å². The number of rotatable bonds is 10. The number of anilines is 1. The molecule has 0 radical (unpaired) electrons. The van der Waals surface area contributed by atoms with Crippen LogP contribution in [-0.4, -0.2) is 33.6 Å². The van der Waals surface area contributed by atoms with Gasteiger partial charge in [-0.05, 0) is 42.7 Å². The number of aryl methyl sites for hydroxylation is 1. The standard InChI is InChI=1S/C27H27N3O4S/c1-3-4-8-16-34-21-13-9-12-20(17-21)24-23(22(31)15-14-19-10-6-5-7-11-19)25(32)26(33)30(24)27-29-28-18(2)35-27/h5-7,9-15,17,24,32H,3-4,8,16H2,1-2H3. The van der Waals surface area contributed by atoms with Crippen LogP contribution in [0.25, 0.3) is 6.08 Å². The molecule has 35 heavy (non-hydrogen) atoms. The summed E-state index contributed by atoms with van der Waals surface area (Å²) < 4.78 is 5.90. The summed E-state index contributed by atoms with van der Waals surface area (Å²) in [5, 5.41) is 19.9. The summed E-state index contributed by atoms with van der Waals surface area (Å²) in [6.07, 6.45) is 6.14. The minimum absolute atomic E-state index is 0.00170. The van der Waals surface area contributed by atoms with E-state index in [1.807, 2.05) is 48.5 Å². The highest BCUT2D eigenvalue weighted by atomic mass is 32.1. The van der Waals surface area contributed by atoms with E-state index in [9.17, 15) is 14.7 Å². The summed E-state index contributed by atoms with van der Waals surface area (Å²) in [5.41, 5.74) is 1.47. The molecule has 1 N–H and O–H groups in total. The van der Waals surface area contributed by atoms with Gasteiger partial charge in [0.15, 0.2) is 11.5 Å². The normalized spacial score (nSPS) is 15.9. The third kappa shape index (κ3) is 5.49. The Kier molecular flexibility index (Phi) is 7.72. The lowest BCUT2D eigenvalue weighted by atomic mass is 9.95. The first-order valence-corrected chi connectivity index (χ1v) is 12.4. The van der Waals surface area contributed by atoms with Gasteiger partial charge >= 0.3 is 0 Å². The molecule has 0 spiro atoms. The van der Waals surface area contributed by atoms with E-state index in [1.54, 1.807) is 19.1 Å². The van der Waals surface area contributed by atoms with Crippen molar-refractivity contribution < 1.29 is 19.4 Å². The molecule has 180 valence electrons. The first kappa shape index (κ1) is 24.3. The Balaban J connectivity index is 1.71. The second kappa shape index (κ2) is 11.1. The number of ether oxygens (including phenoxy) is 1. The van der Waals surface area contributed by atoms with Crippen LogP contribution in [-0.2, 0) is 9.59 Å². The second-order valence-electron chi connectivity index (χ2n) is 8.18. The number of hydrogen-bond acceptors (Lipinski definition) is 7. The van der Waals surface area contributed by atoms with E-state index < -0.39 is 23.5 Å². The Morgan fingerprint density at radius 2 is 1.94 bits per heavy atom. The average molecular weight is 490 g/mol. The molecule has 8 heteroatoms. The maximum absolute atomic E-state index is 13.3. The van der Waals surface area contributed by atoms with Crippen LogP contribution >= 0.6 is 11.3 Å². The number of carbonyl (C=O) groups is 2. The minimum atomic E-state index is -0.859. The largest absolute Gasteiger partial charge is 0.503 e. The lowest BCUT2D eigenvalue weighted by molar-refractivity contribution is -0.117. The van der Waals surface area contributed by atoms with Gasteiger partial charge in [-0.3, -0.25) is 14.5 Å². The van der Waals surface area contributed by atoms with Crippen LogP contribution in [0.3, 0.4) is 0 Å². The highest BCUT2D eigenvalue weighted by molar-refractivity contribution is 7.15. The van der Waals surface area contributed by atoms with E-state index in [-0.39, 0.29) is 5.57 Å². The number of aromatic nitrogens is 2. The van der Waals surface area contributed by atoms with E-state index in [2.05, 4.69) is 17.1 Å². The smallest absolute Gasteiger partial charge is 0.296 e. The Hall–Kier alpha value is -3.78. The van der Waals surface area contributed by atoms with Crippen LogP contribution in [0.5, 0.6) is 5.75 Å². The van der Waals surface area contributed by atoms with Crippen molar-refractivity contribution in [1.29, 1.82) is 0 Å². The van der Waals surface area contributed by atoms with Crippen molar-refractivity contribution in [2.75, 3.05) is 11.5 Å². The zero-order valence-electron chi connectivity index (χ0n) is 19.7. The summed E-state index contributed by atoms with van der Waals surface area (Å²) in [5.74, 6) is -1.09. The van der Waals surface area contributed by atoms with Gasteiger partial charge < -0.3 is 9.84 Å². The number of aliphatic hydroxyl groups excluding tert-OH is 1. The summed E-state index contributed by atoms with van der Waals surface area (Å²) in [6, 6.07) is 15.8. The van der Waals surface area contributed by atoms with E-state index in [0.717, 1.165) is 24.8 Å². The molecule has 3 aromatic rings. The lowest BCUT2D eigenvalue weighted by Crippen LogP contribution is -2.30. The molecular formula is C27H27N3O4S. The number of ketones is 1. The number of hydrogen-bond donors (Lipinski definition) is 1. The van der Waals surface area contributed by atoms with Gasteiger partial charge in [-0.15, -0.1) is 10.2 Å². The first-order chi connectivity index (χ1) is 17.0. The summed E-state index contributed by atoms with van der Waals surface area (Å²) >= 11 is 1.22. The molecule has 1 aliphatic heterocycles. The highest BCUT2D eigenvalue weighted by Crippen LogP contribution is 2.42.